The molecule has 1 unspecified atom stereocenters. The molecule has 0 saturated carbocycles. The Bertz CT molecular complexity index is 159. The Morgan fingerprint density at radius 1 is 1.55 bits per heavy atom. The van der Waals surface area contributed by atoms with E-state index < -0.39 is 0 Å². The molecule has 0 spiro atoms. The highest BCUT2D eigenvalue weighted by Crippen LogP contribution is 2.20. The third kappa shape index (κ3) is 2.22. The Balaban J connectivity index is 1.70. The van der Waals surface area contributed by atoms with E-state index in [9.17, 15) is 0 Å². The maximum atomic E-state index is 5.54. The topological polar surface area (TPSA) is 21.8 Å². The second-order valence-corrected chi connectivity index (χ2v) is 3.18. The van der Waals surface area contributed by atoms with Crippen molar-refractivity contribution in [1.82, 2.24) is 0 Å². The zero-order valence-electron chi connectivity index (χ0n) is 6.71. The fourth-order valence-corrected chi connectivity index (χ4v) is 1.30. The summed E-state index contributed by atoms with van der Waals surface area (Å²) in [5, 5.41) is 0. The quantitative estimate of drug-likeness (QED) is 0.579. The van der Waals surface area contributed by atoms with Gasteiger partial charge in [-0.25, -0.2) is 0 Å². The van der Waals surface area contributed by atoms with Crippen LogP contribution < -0.4 is 0 Å². The summed E-state index contributed by atoms with van der Waals surface area (Å²) < 4.78 is 10.6. The normalized spacial score (nSPS) is 29.5. The van der Waals surface area contributed by atoms with Crippen molar-refractivity contribution in [3.8, 4) is 0 Å². The standard InChI is InChI=1S/C9H14O2/c1-2-4-8(5-3-1)10-6-9-7-11-9/h4,9H,1-3,5-7H2. The van der Waals surface area contributed by atoms with Gasteiger partial charge in [-0.3, -0.25) is 0 Å². The monoisotopic (exact) mass is 154 g/mol. The van der Waals surface area contributed by atoms with E-state index in [0.717, 1.165) is 19.6 Å². The highest BCUT2D eigenvalue weighted by molar-refractivity contribution is 4.97. The van der Waals surface area contributed by atoms with Crippen molar-refractivity contribution in [1.29, 1.82) is 0 Å². The third-order valence-electron chi connectivity index (χ3n) is 2.11. The molecule has 1 atom stereocenters. The van der Waals surface area contributed by atoms with E-state index >= 15 is 0 Å². The van der Waals surface area contributed by atoms with E-state index in [1.807, 2.05) is 0 Å². The Kier molecular flexibility index (Phi) is 2.13. The van der Waals surface area contributed by atoms with Gasteiger partial charge in [-0.1, -0.05) is 0 Å². The first-order valence-corrected chi connectivity index (χ1v) is 4.38. The molecular weight excluding hydrogens is 140 g/mol. The summed E-state index contributed by atoms with van der Waals surface area (Å²) in [5.41, 5.74) is 0. The van der Waals surface area contributed by atoms with E-state index in [1.54, 1.807) is 0 Å². The summed E-state index contributed by atoms with van der Waals surface area (Å²) in [6.45, 7) is 1.67. The Hall–Kier alpha value is -0.500. The van der Waals surface area contributed by atoms with Crippen molar-refractivity contribution in [2.24, 2.45) is 0 Å². The van der Waals surface area contributed by atoms with Crippen LogP contribution in [-0.2, 0) is 9.47 Å². The number of ether oxygens (including phenoxy) is 2. The van der Waals surface area contributed by atoms with Crippen LogP contribution in [0, 0.1) is 0 Å². The van der Waals surface area contributed by atoms with Crippen LogP contribution >= 0.6 is 0 Å². The minimum Gasteiger partial charge on any atom is -0.495 e. The van der Waals surface area contributed by atoms with E-state index in [0.29, 0.717) is 6.10 Å². The van der Waals surface area contributed by atoms with E-state index in [4.69, 9.17) is 9.47 Å². The van der Waals surface area contributed by atoms with Crippen molar-refractivity contribution in [3.05, 3.63) is 11.8 Å². The molecule has 0 radical (unpaired) electrons. The molecule has 1 aliphatic carbocycles. The van der Waals surface area contributed by atoms with Crippen LogP contribution in [0.1, 0.15) is 25.7 Å². The molecule has 1 aliphatic heterocycles. The summed E-state index contributed by atoms with van der Waals surface area (Å²) in [6.07, 6.45) is 7.56. The molecule has 11 heavy (non-hydrogen) atoms. The van der Waals surface area contributed by atoms with Gasteiger partial charge in [0.05, 0.1) is 12.4 Å². The van der Waals surface area contributed by atoms with Crippen molar-refractivity contribution in [2.45, 2.75) is 31.8 Å². The lowest BCUT2D eigenvalue weighted by molar-refractivity contribution is 0.170. The van der Waals surface area contributed by atoms with Crippen LogP contribution in [0.5, 0.6) is 0 Å². The zero-order valence-corrected chi connectivity index (χ0v) is 6.71. The van der Waals surface area contributed by atoms with Gasteiger partial charge in [0.1, 0.15) is 12.7 Å². The molecular formula is C9H14O2. The van der Waals surface area contributed by atoms with E-state index in [1.165, 1.54) is 25.0 Å². The summed E-state index contributed by atoms with van der Waals surface area (Å²) in [4.78, 5) is 0. The van der Waals surface area contributed by atoms with Crippen molar-refractivity contribution >= 4 is 0 Å². The highest BCUT2D eigenvalue weighted by Gasteiger charge is 2.23. The summed E-state index contributed by atoms with van der Waals surface area (Å²) in [6, 6.07) is 0. The lowest BCUT2D eigenvalue weighted by Gasteiger charge is -2.12. The summed E-state index contributed by atoms with van der Waals surface area (Å²) >= 11 is 0. The highest BCUT2D eigenvalue weighted by atomic mass is 16.6. The average Bonchev–Trinajstić information content (AvgIpc) is 2.86. The molecule has 2 nitrogen and oxygen atoms in total. The number of epoxide rings is 1. The van der Waals surface area contributed by atoms with Crippen molar-refractivity contribution in [2.75, 3.05) is 13.2 Å². The van der Waals surface area contributed by atoms with Crippen LogP contribution in [0.4, 0.5) is 0 Å². The molecule has 0 amide bonds. The Morgan fingerprint density at radius 3 is 3.09 bits per heavy atom. The molecule has 2 rings (SSSR count). The molecule has 2 aliphatic rings. The van der Waals surface area contributed by atoms with E-state index in [-0.39, 0.29) is 0 Å². The average molecular weight is 154 g/mol. The van der Waals surface area contributed by atoms with E-state index in [2.05, 4.69) is 6.08 Å². The van der Waals surface area contributed by atoms with Crippen LogP contribution in [-0.4, -0.2) is 19.3 Å². The van der Waals surface area contributed by atoms with Gasteiger partial charge in [0, 0.05) is 6.42 Å². The van der Waals surface area contributed by atoms with Gasteiger partial charge in [0.2, 0.25) is 0 Å². The first-order valence-electron chi connectivity index (χ1n) is 4.38. The lowest BCUT2D eigenvalue weighted by Crippen LogP contribution is -2.03. The number of hydrogen-bond acceptors (Lipinski definition) is 2. The molecule has 62 valence electrons. The summed E-state index contributed by atoms with van der Waals surface area (Å²) in [7, 11) is 0. The number of rotatable bonds is 3. The fraction of sp³-hybridized carbons (Fsp3) is 0.778. The van der Waals surface area contributed by atoms with Gasteiger partial charge in [0.15, 0.2) is 0 Å². The lowest BCUT2D eigenvalue weighted by atomic mass is 10.1. The largest absolute Gasteiger partial charge is 0.495 e. The van der Waals surface area contributed by atoms with Crippen LogP contribution in [0.25, 0.3) is 0 Å². The van der Waals surface area contributed by atoms with Gasteiger partial charge >= 0.3 is 0 Å². The Morgan fingerprint density at radius 2 is 2.45 bits per heavy atom. The van der Waals surface area contributed by atoms with Crippen LogP contribution in [0.15, 0.2) is 11.8 Å². The molecule has 0 bridgehead atoms. The molecule has 0 aromatic carbocycles. The second-order valence-electron chi connectivity index (χ2n) is 3.18. The third-order valence-corrected chi connectivity index (χ3v) is 2.11. The molecule has 1 fully saturated rings. The fourth-order valence-electron chi connectivity index (χ4n) is 1.30. The minimum atomic E-state index is 0.401. The minimum absolute atomic E-state index is 0.401. The summed E-state index contributed by atoms with van der Waals surface area (Å²) in [5.74, 6) is 1.19. The first kappa shape index (κ1) is 7.17. The van der Waals surface area contributed by atoms with Gasteiger partial charge in [-0.2, -0.15) is 0 Å². The molecule has 1 heterocycles. The number of hydrogen-bond donors (Lipinski definition) is 0. The predicted octanol–water partition coefficient (Wildman–Crippen LogP) is 1.86. The molecule has 2 heteroatoms. The Labute approximate surface area is 67.2 Å². The van der Waals surface area contributed by atoms with Crippen LogP contribution in [0.3, 0.4) is 0 Å². The van der Waals surface area contributed by atoms with Crippen molar-refractivity contribution in [3.63, 3.8) is 0 Å². The smallest absolute Gasteiger partial charge is 0.116 e. The molecule has 0 aromatic rings. The molecule has 1 saturated heterocycles. The molecule has 0 N–H and O–H groups in total. The van der Waals surface area contributed by atoms with Gasteiger partial charge < -0.3 is 9.47 Å². The maximum Gasteiger partial charge on any atom is 0.116 e. The van der Waals surface area contributed by atoms with Gasteiger partial charge in [-0.15, -0.1) is 0 Å². The van der Waals surface area contributed by atoms with Gasteiger partial charge in [0.25, 0.3) is 0 Å². The second kappa shape index (κ2) is 3.26. The van der Waals surface area contributed by atoms with Crippen molar-refractivity contribution < 1.29 is 9.47 Å². The van der Waals surface area contributed by atoms with Gasteiger partial charge in [-0.05, 0) is 25.3 Å². The predicted molar refractivity (Wildman–Crippen MR) is 42.2 cm³/mol. The first-order chi connectivity index (χ1) is 5.45. The van der Waals surface area contributed by atoms with Crippen LogP contribution in [0.2, 0.25) is 0 Å². The maximum absolute atomic E-state index is 5.54. The number of allylic oxidation sites excluding steroid dienone is 2. The molecule has 0 aromatic heterocycles. The SMILES string of the molecule is C1=C(OCC2CO2)CCCC1. The zero-order chi connectivity index (χ0) is 7.52.